The van der Waals surface area contributed by atoms with E-state index in [0.29, 0.717) is 17.4 Å². The van der Waals surface area contributed by atoms with Crippen molar-refractivity contribution in [2.24, 2.45) is 5.41 Å². The van der Waals surface area contributed by atoms with Gasteiger partial charge in [-0.15, -0.1) is 5.10 Å². The van der Waals surface area contributed by atoms with E-state index in [1.165, 1.54) is 12.8 Å². The molecule has 0 aromatic carbocycles. The molecule has 1 atom stereocenters. The Morgan fingerprint density at radius 1 is 1.62 bits per heavy atom. The molecule has 2 N–H and O–H groups in total. The second-order valence-electron chi connectivity index (χ2n) is 4.89. The van der Waals surface area contributed by atoms with Crippen LogP contribution in [0.3, 0.4) is 0 Å². The van der Waals surface area contributed by atoms with Gasteiger partial charge >= 0.3 is 5.97 Å². The van der Waals surface area contributed by atoms with Crippen molar-refractivity contribution < 1.29 is 9.90 Å². The molecule has 1 fully saturated rings. The van der Waals surface area contributed by atoms with Gasteiger partial charge in [-0.3, -0.25) is 0 Å². The maximum atomic E-state index is 10.8. The Balaban J connectivity index is 2.01. The van der Waals surface area contributed by atoms with Crippen LogP contribution < -0.4 is 5.32 Å². The van der Waals surface area contributed by atoms with Gasteiger partial charge in [0.15, 0.2) is 0 Å². The van der Waals surface area contributed by atoms with Crippen molar-refractivity contribution in [2.45, 2.75) is 32.2 Å². The predicted octanol–water partition coefficient (Wildman–Crippen LogP) is 1.13. The zero-order valence-corrected chi connectivity index (χ0v) is 9.10. The molecule has 2 aliphatic rings. The lowest BCUT2D eigenvalue weighted by Crippen LogP contribution is -2.29. The number of nitrogens with zero attached hydrogens (tertiary/aromatic N) is 3. The van der Waals surface area contributed by atoms with E-state index in [0.717, 1.165) is 13.0 Å². The lowest BCUT2D eigenvalue weighted by molar-refractivity contribution is 0.0682. The molecule has 0 amide bonds. The summed E-state index contributed by atoms with van der Waals surface area (Å²) in [6, 6.07) is 0.296. The second kappa shape index (κ2) is 2.96. The summed E-state index contributed by atoms with van der Waals surface area (Å²) >= 11 is 0. The van der Waals surface area contributed by atoms with Crippen molar-refractivity contribution in [1.82, 2.24) is 14.8 Å². The van der Waals surface area contributed by atoms with E-state index >= 15 is 0 Å². The lowest BCUT2D eigenvalue weighted by atomic mass is 9.95. The van der Waals surface area contributed by atoms with Crippen LogP contribution in [0, 0.1) is 5.41 Å². The third-order valence-electron chi connectivity index (χ3n) is 3.66. The molecule has 1 aliphatic heterocycles. The SMILES string of the molecule is CC1(C2CCNc3nc(C(=O)O)nn32)CC1. The van der Waals surface area contributed by atoms with Crippen LogP contribution in [0.2, 0.25) is 0 Å². The Morgan fingerprint density at radius 2 is 2.38 bits per heavy atom. The number of aromatic nitrogens is 3. The number of anilines is 1. The molecule has 1 saturated carbocycles. The molecule has 2 heterocycles. The van der Waals surface area contributed by atoms with Crippen LogP contribution in [0.1, 0.15) is 42.8 Å². The minimum absolute atomic E-state index is 0.112. The van der Waals surface area contributed by atoms with Crippen molar-refractivity contribution in [3.8, 4) is 0 Å². The van der Waals surface area contributed by atoms with E-state index < -0.39 is 5.97 Å². The van der Waals surface area contributed by atoms with E-state index in [4.69, 9.17) is 5.11 Å². The highest BCUT2D eigenvalue weighted by Crippen LogP contribution is 2.55. The molecule has 0 radical (unpaired) electrons. The molecule has 1 aliphatic carbocycles. The number of carboxylic acid groups (broad SMARTS) is 1. The number of hydrogen-bond donors (Lipinski definition) is 2. The quantitative estimate of drug-likeness (QED) is 0.784. The third kappa shape index (κ3) is 1.29. The first-order valence-electron chi connectivity index (χ1n) is 5.54. The van der Waals surface area contributed by atoms with Gasteiger partial charge in [0.25, 0.3) is 5.82 Å². The summed E-state index contributed by atoms with van der Waals surface area (Å²) in [6.45, 7) is 3.08. The molecular weight excluding hydrogens is 208 g/mol. The number of nitrogens with one attached hydrogen (secondary N) is 1. The molecule has 1 aromatic heterocycles. The summed E-state index contributed by atoms with van der Waals surface area (Å²) in [4.78, 5) is 14.8. The van der Waals surface area contributed by atoms with Crippen LogP contribution in [0.5, 0.6) is 0 Å². The molecule has 3 rings (SSSR count). The molecule has 6 heteroatoms. The molecule has 6 nitrogen and oxygen atoms in total. The molecule has 16 heavy (non-hydrogen) atoms. The summed E-state index contributed by atoms with van der Waals surface area (Å²) in [5.74, 6) is -0.580. The zero-order valence-electron chi connectivity index (χ0n) is 9.10. The van der Waals surface area contributed by atoms with Crippen molar-refractivity contribution in [1.29, 1.82) is 0 Å². The fraction of sp³-hybridized carbons (Fsp3) is 0.700. The van der Waals surface area contributed by atoms with Crippen molar-refractivity contribution in [3.63, 3.8) is 0 Å². The first kappa shape index (κ1) is 9.62. The predicted molar refractivity (Wildman–Crippen MR) is 56.5 cm³/mol. The second-order valence-corrected chi connectivity index (χ2v) is 4.89. The summed E-state index contributed by atoms with van der Waals surface area (Å²) in [6.07, 6.45) is 3.38. The molecule has 0 saturated heterocycles. The minimum atomic E-state index is -1.07. The minimum Gasteiger partial charge on any atom is -0.475 e. The molecule has 0 bridgehead atoms. The fourth-order valence-corrected chi connectivity index (χ4v) is 2.37. The summed E-state index contributed by atoms with van der Waals surface area (Å²) in [7, 11) is 0. The smallest absolute Gasteiger partial charge is 0.375 e. The molecule has 0 spiro atoms. The largest absolute Gasteiger partial charge is 0.475 e. The van der Waals surface area contributed by atoms with Gasteiger partial charge in [-0.05, 0) is 24.7 Å². The van der Waals surface area contributed by atoms with E-state index in [9.17, 15) is 4.79 Å². The summed E-state index contributed by atoms with van der Waals surface area (Å²) in [5, 5.41) is 16.0. The van der Waals surface area contributed by atoms with Gasteiger partial charge in [-0.1, -0.05) is 6.92 Å². The van der Waals surface area contributed by atoms with Gasteiger partial charge in [0.1, 0.15) is 0 Å². The van der Waals surface area contributed by atoms with Crippen LogP contribution in [0.4, 0.5) is 5.95 Å². The van der Waals surface area contributed by atoms with Crippen molar-refractivity contribution >= 4 is 11.9 Å². The Kier molecular flexibility index (Phi) is 1.78. The van der Waals surface area contributed by atoms with Gasteiger partial charge in [-0.2, -0.15) is 4.98 Å². The number of carbonyl (C=O) groups is 1. The Hall–Kier alpha value is -1.59. The number of aromatic carboxylic acids is 1. The molecule has 86 valence electrons. The van der Waals surface area contributed by atoms with Gasteiger partial charge in [0.05, 0.1) is 6.04 Å². The summed E-state index contributed by atoms with van der Waals surface area (Å²) < 4.78 is 1.76. The Morgan fingerprint density at radius 3 is 3.00 bits per heavy atom. The van der Waals surface area contributed by atoms with Crippen molar-refractivity contribution in [2.75, 3.05) is 11.9 Å². The van der Waals surface area contributed by atoms with Gasteiger partial charge in [0, 0.05) is 6.54 Å². The molecule has 1 aromatic rings. The molecule has 1 unspecified atom stereocenters. The van der Waals surface area contributed by atoms with Gasteiger partial charge < -0.3 is 10.4 Å². The van der Waals surface area contributed by atoms with Gasteiger partial charge in [-0.25, -0.2) is 9.48 Å². The lowest BCUT2D eigenvalue weighted by Gasteiger charge is -2.29. The third-order valence-corrected chi connectivity index (χ3v) is 3.66. The average Bonchev–Trinajstić information content (AvgIpc) is 2.84. The maximum absolute atomic E-state index is 10.8. The van der Waals surface area contributed by atoms with Crippen molar-refractivity contribution in [3.05, 3.63) is 5.82 Å². The molecular formula is C10H14N4O2. The van der Waals surface area contributed by atoms with Crippen LogP contribution in [0.15, 0.2) is 0 Å². The van der Waals surface area contributed by atoms with E-state index in [1.807, 2.05) is 0 Å². The maximum Gasteiger partial charge on any atom is 0.375 e. The zero-order chi connectivity index (χ0) is 11.3. The monoisotopic (exact) mass is 222 g/mol. The highest BCUT2D eigenvalue weighted by Gasteiger charge is 2.48. The number of hydrogen-bond acceptors (Lipinski definition) is 4. The van der Waals surface area contributed by atoms with Gasteiger partial charge in [0.2, 0.25) is 5.95 Å². The highest BCUT2D eigenvalue weighted by atomic mass is 16.4. The summed E-state index contributed by atoms with van der Waals surface area (Å²) in [5.41, 5.74) is 0.292. The Labute approximate surface area is 92.7 Å². The number of carboxylic acids is 1. The van der Waals surface area contributed by atoms with E-state index in [1.54, 1.807) is 4.68 Å². The average molecular weight is 222 g/mol. The Bertz CT molecular complexity index is 450. The van der Waals surface area contributed by atoms with Crippen LogP contribution >= 0.6 is 0 Å². The van der Waals surface area contributed by atoms with E-state index in [-0.39, 0.29) is 5.82 Å². The standard InChI is InChI=1S/C10H14N4O2/c1-10(3-4-10)6-2-5-11-9-12-7(8(15)16)13-14(6)9/h6H,2-5H2,1H3,(H,15,16)(H,11,12,13). The fourth-order valence-electron chi connectivity index (χ4n) is 2.37. The number of rotatable bonds is 2. The van der Waals surface area contributed by atoms with Crippen LogP contribution in [-0.4, -0.2) is 32.4 Å². The first-order chi connectivity index (χ1) is 7.60. The number of fused-ring (bicyclic) bond motifs is 1. The topological polar surface area (TPSA) is 80.0 Å². The van der Waals surface area contributed by atoms with E-state index in [2.05, 4.69) is 22.3 Å². The first-order valence-corrected chi connectivity index (χ1v) is 5.54. The normalized spacial score (nSPS) is 25.7. The van der Waals surface area contributed by atoms with Crippen LogP contribution in [0.25, 0.3) is 0 Å². The highest BCUT2D eigenvalue weighted by molar-refractivity contribution is 5.83. The van der Waals surface area contributed by atoms with Crippen LogP contribution in [-0.2, 0) is 0 Å².